The quantitative estimate of drug-likeness (QED) is 0.775. The normalized spacial score (nSPS) is 18.7. The predicted molar refractivity (Wildman–Crippen MR) is 98.2 cm³/mol. The molecule has 0 spiro atoms. The largest absolute Gasteiger partial charge is 0.339 e. The topological polar surface area (TPSA) is 66.8 Å². The lowest BCUT2D eigenvalue weighted by Crippen LogP contribution is -2.36. The minimum atomic E-state index is -0.138. The van der Waals surface area contributed by atoms with Crippen LogP contribution in [0.2, 0.25) is 0 Å². The van der Waals surface area contributed by atoms with Gasteiger partial charge in [0.2, 0.25) is 5.95 Å². The maximum atomic E-state index is 12.5. The Labute approximate surface area is 143 Å². The van der Waals surface area contributed by atoms with Gasteiger partial charge < -0.3 is 4.90 Å². The van der Waals surface area contributed by atoms with Crippen LogP contribution >= 0.6 is 11.8 Å². The van der Waals surface area contributed by atoms with Crippen LogP contribution in [0.25, 0.3) is 16.7 Å². The molecule has 3 aromatic rings. The molecular formula is C17H19N5OS. The van der Waals surface area contributed by atoms with E-state index in [1.165, 1.54) is 0 Å². The molecule has 2 aromatic heterocycles. The van der Waals surface area contributed by atoms with Gasteiger partial charge in [-0.1, -0.05) is 18.2 Å². The van der Waals surface area contributed by atoms with Crippen LogP contribution in [0.3, 0.4) is 0 Å². The first-order chi connectivity index (χ1) is 11.7. The van der Waals surface area contributed by atoms with Crippen molar-refractivity contribution in [3.63, 3.8) is 0 Å². The molecule has 0 bridgehead atoms. The number of aromatic amines is 1. The van der Waals surface area contributed by atoms with Crippen molar-refractivity contribution in [2.75, 3.05) is 23.0 Å². The summed E-state index contributed by atoms with van der Waals surface area (Å²) in [5, 5.41) is 4.88. The van der Waals surface area contributed by atoms with Crippen molar-refractivity contribution >= 4 is 28.7 Å². The van der Waals surface area contributed by atoms with Crippen LogP contribution < -0.4 is 10.5 Å². The second-order valence-corrected chi connectivity index (χ2v) is 7.19. The third kappa shape index (κ3) is 2.69. The zero-order valence-corrected chi connectivity index (χ0v) is 14.3. The molecule has 0 amide bonds. The fourth-order valence-electron chi connectivity index (χ4n) is 3.01. The number of anilines is 1. The third-order valence-corrected chi connectivity index (χ3v) is 5.38. The highest BCUT2D eigenvalue weighted by molar-refractivity contribution is 7.99. The van der Waals surface area contributed by atoms with Crippen molar-refractivity contribution in [3.05, 3.63) is 46.9 Å². The van der Waals surface area contributed by atoms with Crippen molar-refractivity contribution in [1.82, 2.24) is 19.7 Å². The summed E-state index contributed by atoms with van der Waals surface area (Å²) in [5.41, 5.74) is 1.36. The number of thioether (sulfide) groups is 1. The number of nitrogens with one attached hydrogen (secondary N) is 1. The zero-order chi connectivity index (χ0) is 16.5. The molecule has 4 rings (SSSR count). The highest BCUT2D eigenvalue weighted by Gasteiger charge is 2.21. The van der Waals surface area contributed by atoms with E-state index in [2.05, 4.69) is 21.9 Å². The van der Waals surface area contributed by atoms with Crippen LogP contribution in [0.1, 0.15) is 13.3 Å². The molecule has 1 saturated heterocycles. The molecular weight excluding hydrogens is 322 g/mol. The Balaban J connectivity index is 1.85. The average molecular weight is 341 g/mol. The van der Waals surface area contributed by atoms with Gasteiger partial charge in [0.1, 0.15) is 5.39 Å². The Morgan fingerprint density at radius 1 is 1.25 bits per heavy atom. The number of benzene rings is 1. The van der Waals surface area contributed by atoms with Gasteiger partial charge in [-0.2, -0.15) is 21.8 Å². The lowest BCUT2D eigenvalue weighted by atomic mass is 10.2. The molecule has 124 valence electrons. The van der Waals surface area contributed by atoms with Crippen molar-refractivity contribution in [1.29, 1.82) is 0 Å². The minimum absolute atomic E-state index is 0.138. The van der Waals surface area contributed by atoms with Crippen molar-refractivity contribution < 1.29 is 0 Å². The summed E-state index contributed by atoms with van der Waals surface area (Å²) in [7, 11) is 0. The van der Waals surface area contributed by atoms with E-state index in [1.54, 1.807) is 10.9 Å². The van der Waals surface area contributed by atoms with Crippen LogP contribution in [0.15, 0.2) is 41.3 Å². The number of hydrogen-bond donors (Lipinski definition) is 1. The van der Waals surface area contributed by atoms with Gasteiger partial charge in [0.15, 0.2) is 5.65 Å². The van der Waals surface area contributed by atoms with E-state index in [0.29, 0.717) is 23.0 Å². The summed E-state index contributed by atoms with van der Waals surface area (Å²) in [6.45, 7) is 3.07. The highest BCUT2D eigenvalue weighted by Crippen LogP contribution is 2.22. The molecule has 0 saturated carbocycles. The van der Waals surface area contributed by atoms with E-state index in [1.807, 2.05) is 42.1 Å². The van der Waals surface area contributed by atoms with E-state index >= 15 is 0 Å². The second kappa shape index (κ2) is 6.32. The van der Waals surface area contributed by atoms with Crippen LogP contribution in [-0.4, -0.2) is 43.8 Å². The Bertz CT molecular complexity index is 904. The molecule has 7 heteroatoms. The van der Waals surface area contributed by atoms with Gasteiger partial charge in [-0.25, -0.2) is 4.68 Å². The van der Waals surface area contributed by atoms with Gasteiger partial charge >= 0.3 is 0 Å². The van der Waals surface area contributed by atoms with Crippen LogP contribution in [0.5, 0.6) is 0 Å². The fourth-order valence-corrected chi connectivity index (χ4v) is 4.05. The molecule has 1 aromatic carbocycles. The van der Waals surface area contributed by atoms with Crippen LogP contribution in [0, 0.1) is 0 Å². The number of hydrogen-bond acceptors (Lipinski definition) is 5. The van der Waals surface area contributed by atoms with Crippen LogP contribution in [0.4, 0.5) is 5.95 Å². The SMILES string of the molecule is CC1CCSCCN1c1nc2c(cnn2-c2ccccc2)c(=O)[nH]1. The first-order valence-corrected chi connectivity index (χ1v) is 9.27. The van der Waals surface area contributed by atoms with E-state index in [-0.39, 0.29) is 5.56 Å². The lowest BCUT2D eigenvalue weighted by Gasteiger charge is -2.27. The van der Waals surface area contributed by atoms with Gasteiger partial charge in [-0.3, -0.25) is 9.78 Å². The monoisotopic (exact) mass is 341 g/mol. The number of para-hydroxylation sites is 1. The summed E-state index contributed by atoms with van der Waals surface area (Å²) in [6, 6.07) is 10.1. The summed E-state index contributed by atoms with van der Waals surface area (Å²) < 4.78 is 1.73. The van der Waals surface area contributed by atoms with E-state index in [0.717, 1.165) is 30.2 Å². The number of fused-ring (bicyclic) bond motifs is 1. The lowest BCUT2D eigenvalue weighted by molar-refractivity contribution is 0.629. The average Bonchev–Trinajstić information content (AvgIpc) is 2.91. The second-order valence-electron chi connectivity index (χ2n) is 5.96. The molecule has 1 fully saturated rings. The summed E-state index contributed by atoms with van der Waals surface area (Å²) >= 11 is 1.95. The molecule has 1 aliphatic heterocycles. The zero-order valence-electron chi connectivity index (χ0n) is 13.5. The Hall–Kier alpha value is -2.28. The third-order valence-electron chi connectivity index (χ3n) is 4.39. The van der Waals surface area contributed by atoms with E-state index < -0.39 is 0 Å². The van der Waals surface area contributed by atoms with Gasteiger partial charge in [0.05, 0.1) is 11.9 Å². The fraction of sp³-hybridized carbons (Fsp3) is 0.353. The standard InChI is InChI=1S/C17H19N5OS/c1-12-7-9-24-10-8-21(12)17-19-15-14(16(23)20-17)11-18-22(15)13-5-3-2-4-6-13/h2-6,11-12H,7-10H2,1H3,(H,19,20,23). The first-order valence-electron chi connectivity index (χ1n) is 8.12. The van der Waals surface area contributed by atoms with E-state index in [4.69, 9.17) is 4.98 Å². The van der Waals surface area contributed by atoms with Gasteiger partial charge in [0.25, 0.3) is 5.56 Å². The van der Waals surface area contributed by atoms with Gasteiger partial charge in [-0.05, 0) is 31.2 Å². The molecule has 1 aliphatic rings. The smallest absolute Gasteiger partial charge is 0.263 e. The Morgan fingerprint density at radius 2 is 2.08 bits per heavy atom. The highest BCUT2D eigenvalue weighted by atomic mass is 32.2. The summed E-state index contributed by atoms with van der Waals surface area (Å²) in [6.07, 6.45) is 2.67. The molecule has 1 unspecified atom stereocenters. The molecule has 1 atom stereocenters. The predicted octanol–water partition coefficient (Wildman–Crippen LogP) is 2.44. The Morgan fingerprint density at radius 3 is 2.92 bits per heavy atom. The van der Waals surface area contributed by atoms with Crippen molar-refractivity contribution in [3.8, 4) is 5.69 Å². The number of aromatic nitrogens is 4. The molecule has 6 nitrogen and oxygen atoms in total. The van der Waals surface area contributed by atoms with Crippen molar-refractivity contribution in [2.24, 2.45) is 0 Å². The van der Waals surface area contributed by atoms with E-state index in [9.17, 15) is 4.79 Å². The molecule has 0 aliphatic carbocycles. The maximum Gasteiger partial charge on any atom is 0.263 e. The number of H-pyrrole nitrogens is 1. The van der Waals surface area contributed by atoms with Crippen molar-refractivity contribution in [2.45, 2.75) is 19.4 Å². The molecule has 3 heterocycles. The maximum absolute atomic E-state index is 12.5. The molecule has 1 N–H and O–H groups in total. The summed E-state index contributed by atoms with van der Waals surface area (Å²) in [4.78, 5) is 22.4. The van der Waals surface area contributed by atoms with Crippen LogP contribution in [-0.2, 0) is 0 Å². The number of nitrogens with zero attached hydrogens (tertiary/aromatic N) is 4. The van der Waals surface area contributed by atoms with Gasteiger partial charge in [-0.15, -0.1) is 0 Å². The Kier molecular flexibility index (Phi) is 4.02. The molecule has 0 radical (unpaired) electrons. The number of rotatable bonds is 2. The minimum Gasteiger partial charge on any atom is -0.339 e. The summed E-state index contributed by atoms with van der Waals surface area (Å²) in [5.74, 6) is 2.83. The molecule has 24 heavy (non-hydrogen) atoms. The van der Waals surface area contributed by atoms with Gasteiger partial charge in [0, 0.05) is 18.3 Å². The first kappa shape index (κ1) is 15.3.